The van der Waals surface area contributed by atoms with Crippen molar-refractivity contribution in [3.8, 4) is 11.3 Å². The molecule has 2 fully saturated rings. The highest BCUT2D eigenvalue weighted by Gasteiger charge is 2.35. The normalized spacial score (nSPS) is 18.7. The molecule has 9 nitrogen and oxygen atoms in total. The topological polar surface area (TPSA) is 79.6 Å². The van der Waals surface area contributed by atoms with Gasteiger partial charge in [0.1, 0.15) is 11.2 Å². The number of amides is 2. The number of piperazine rings is 1. The number of benzene rings is 1. The highest BCUT2D eigenvalue weighted by atomic mass is 35.5. The Labute approximate surface area is 227 Å². The lowest BCUT2D eigenvalue weighted by atomic mass is 10.1. The molecule has 5 rings (SSSR count). The third kappa shape index (κ3) is 5.44. The van der Waals surface area contributed by atoms with Crippen LogP contribution in [-0.4, -0.2) is 88.8 Å². The van der Waals surface area contributed by atoms with Gasteiger partial charge in [0.15, 0.2) is 6.10 Å². The number of morpholine rings is 1. The Balaban J connectivity index is 1.24. The molecule has 2 amide bonds. The molecule has 2 saturated heterocycles. The van der Waals surface area contributed by atoms with E-state index in [1.54, 1.807) is 4.90 Å². The quantitative estimate of drug-likeness (QED) is 0.495. The molecule has 0 saturated carbocycles. The minimum atomic E-state index is -0.678. The summed E-state index contributed by atoms with van der Waals surface area (Å²) in [4.78, 5) is 36.2. The second-order valence-electron chi connectivity index (χ2n) is 10.7. The largest absolute Gasteiger partial charge is 0.444 e. The van der Waals surface area contributed by atoms with Gasteiger partial charge in [0.25, 0.3) is 5.91 Å². The van der Waals surface area contributed by atoms with Crippen LogP contribution in [0.1, 0.15) is 26.5 Å². The Morgan fingerprint density at radius 1 is 1.05 bits per heavy atom. The van der Waals surface area contributed by atoms with Crippen molar-refractivity contribution in [1.82, 2.24) is 19.2 Å². The highest BCUT2D eigenvalue weighted by molar-refractivity contribution is 6.33. The molecule has 3 aromatic rings. The number of hydrogen-bond acceptors (Lipinski definition) is 6. The van der Waals surface area contributed by atoms with Crippen LogP contribution in [0, 0.1) is 6.92 Å². The summed E-state index contributed by atoms with van der Waals surface area (Å²) in [7, 11) is 0. The van der Waals surface area contributed by atoms with Crippen LogP contribution in [-0.2, 0) is 14.3 Å². The van der Waals surface area contributed by atoms with Crippen LogP contribution in [0.25, 0.3) is 16.9 Å². The van der Waals surface area contributed by atoms with Gasteiger partial charge >= 0.3 is 6.09 Å². The Morgan fingerprint density at radius 2 is 1.82 bits per heavy atom. The molecule has 2 aliphatic rings. The van der Waals surface area contributed by atoms with Crippen LogP contribution >= 0.6 is 11.6 Å². The van der Waals surface area contributed by atoms with E-state index in [-0.39, 0.29) is 12.5 Å². The van der Waals surface area contributed by atoms with Gasteiger partial charge < -0.3 is 28.6 Å². The summed E-state index contributed by atoms with van der Waals surface area (Å²) in [6.45, 7) is 10.9. The maximum atomic E-state index is 13.2. The minimum absolute atomic E-state index is 0.0879. The summed E-state index contributed by atoms with van der Waals surface area (Å²) >= 11 is 6.62. The molecule has 1 unspecified atom stereocenters. The number of rotatable bonds is 3. The maximum Gasteiger partial charge on any atom is 0.410 e. The number of hydrogen-bond donors (Lipinski definition) is 0. The molecular weight excluding hydrogens is 506 g/mol. The van der Waals surface area contributed by atoms with Gasteiger partial charge in [-0.1, -0.05) is 17.7 Å². The first-order valence-corrected chi connectivity index (χ1v) is 13.4. The molecule has 38 heavy (non-hydrogen) atoms. The molecule has 0 aliphatic carbocycles. The van der Waals surface area contributed by atoms with E-state index in [0.29, 0.717) is 44.4 Å². The summed E-state index contributed by atoms with van der Waals surface area (Å²) in [6, 6.07) is 11.9. The van der Waals surface area contributed by atoms with E-state index in [0.717, 1.165) is 28.3 Å². The van der Waals surface area contributed by atoms with Crippen molar-refractivity contribution in [3.05, 3.63) is 53.3 Å². The van der Waals surface area contributed by atoms with E-state index in [1.165, 1.54) is 0 Å². The number of aromatic nitrogens is 2. The molecule has 2 aliphatic heterocycles. The number of pyridine rings is 1. The van der Waals surface area contributed by atoms with E-state index < -0.39 is 17.8 Å². The van der Waals surface area contributed by atoms with E-state index >= 15 is 0 Å². The first-order chi connectivity index (χ1) is 18.1. The Kier molecular flexibility index (Phi) is 7.24. The number of fused-ring (bicyclic) bond motifs is 1. The number of aryl methyl sites for hydroxylation is 1. The lowest BCUT2D eigenvalue weighted by Crippen LogP contribution is -2.56. The van der Waals surface area contributed by atoms with E-state index in [2.05, 4.69) is 15.4 Å². The second kappa shape index (κ2) is 10.5. The molecule has 1 aromatic carbocycles. The van der Waals surface area contributed by atoms with Crippen LogP contribution in [0.15, 0.2) is 42.6 Å². The van der Waals surface area contributed by atoms with Crippen molar-refractivity contribution in [3.63, 3.8) is 0 Å². The molecular formula is C28H34ClN5O4. The third-order valence-corrected chi connectivity index (χ3v) is 7.25. The first kappa shape index (κ1) is 26.3. The number of carbonyl (C=O) groups excluding carboxylic acids is 2. The fourth-order valence-electron chi connectivity index (χ4n) is 4.94. The predicted molar refractivity (Wildman–Crippen MR) is 147 cm³/mol. The van der Waals surface area contributed by atoms with Gasteiger partial charge in [-0.15, -0.1) is 0 Å². The van der Waals surface area contributed by atoms with Gasteiger partial charge in [0.05, 0.1) is 23.9 Å². The molecule has 2 aromatic heterocycles. The van der Waals surface area contributed by atoms with Crippen molar-refractivity contribution in [2.45, 2.75) is 39.4 Å². The Hall–Kier alpha value is -3.30. The summed E-state index contributed by atoms with van der Waals surface area (Å²) in [5, 5.41) is 0.651. The Morgan fingerprint density at radius 3 is 2.53 bits per heavy atom. The lowest BCUT2D eigenvalue weighted by Gasteiger charge is -2.39. The molecule has 10 heteroatoms. The van der Waals surface area contributed by atoms with Crippen LogP contribution in [0.2, 0.25) is 5.02 Å². The second-order valence-corrected chi connectivity index (χ2v) is 11.1. The fraction of sp³-hybridized carbons (Fsp3) is 0.464. The van der Waals surface area contributed by atoms with E-state index in [1.807, 2.05) is 69.1 Å². The number of imidazole rings is 1. The van der Waals surface area contributed by atoms with Crippen molar-refractivity contribution in [2.75, 3.05) is 50.8 Å². The first-order valence-electron chi connectivity index (χ1n) is 13.0. The summed E-state index contributed by atoms with van der Waals surface area (Å²) in [6.07, 6.45) is 0.906. The molecule has 1 atom stereocenters. The van der Waals surface area contributed by atoms with Crippen molar-refractivity contribution in [2.24, 2.45) is 0 Å². The van der Waals surface area contributed by atoms with Crippen molar-refractivity contribution in [1.29, 1.82) is 0 Å². The molecule has 0 radical (unpaired) electrons. The maximum absolute atomic E-state index is 13.2. The van der Waals surface area contributed by atoms with E-state index in [4.69, 9.17) is 26.1 Å². The molecule has 4 heterocycles. The van der Waals surface area contributed by atoms with Gasteiger partial charge in [-0.2, -0.15) is 0 Å². The molecule has 0 bridgehead atoms. The lowest BCUT2D eigenvalue weighted by molar-refractivity contribution is -0.149. The van der Waals surface area contributed by atoms with Gasteiger partial charge in [-0.3, -0.25) is 4.79 Å². The monoisotopic (exact) mass is 539 g/mol. The zero-order valence-electron chi connectivity index (χ0n) is 22.3. The van der Waals surface area contributed by atoms with Crippen molar-refractivity contribution < 1.29 is 19.1 Å². The average molecular weight is 540 g/mol. The zero-order chi connectivity index (χ0) is 27.0. The minimum Gasteiger partial charge on any atom is -0.444 e. The van der Waals surface area contributed by atoms with E-state index in [9.17, 15) is 9.59 Å². The number of halogens is 1. The number of ether oxygens (including phenoxy) is 2. The Bertz CT molecular complexity index is 1340. The summed E-state index contributed by atoms with van der Waals surface area (Å²) in [5.41, 5.74) is 4.11. The fourth-order valence-corrected chi connectivity index (χ4v) is 5.15. The predicted octanol–water partition coefficient (Wildman–Crippen LogP) is 4.25. The standard InChI is InChI=1S/C28H34ClN5O4/c1-19-25(30-24-7-5-6-10-34(19)24)21-17-20(8-9-22(21)29)31-11-13-32(14-12-31)26(35)23-18-33(15-16-37-23)27(36)38-28(2,3)4/h5-10,17,23H,11-16,18H2,1-4H3. The van der Waals surface area contributed by atoms with Crippen LogP contribution in [0.4, 0.5) is 10.5 Å². The summed E-state index contributed by atoms with van der Waals surface area (Å²) < 4.78 is 13.3. The average Bonchev–Trinajstić information content (AvgIpc) is 3.24. The van der Waals surface area contributed by atoms with Crippen LogP contribution < -0.4 is 4.90 Å². The third-order valence-electron chi connectivity index (χ3n) is 6.92. The summed E-state index contributed by atoms with van der Waals surface area (Å²) in [5.74, 6) is -0.0879. The molecule has 202 valence electrons. The van der Waals surface area contributed by atoms with Gasteiger partial charge in [0.2, 0.25) is 0 Å². The molecule has 0 spiro atoms. The van der Waals surface area contributed by atoms with Gasteiger partial charge in [-0.05, 0) is 58.0 Å². The number of carbonyl (C=O) groups is 2. The van der Waals surface area contributed by atoms with Gasteiger partial charge in [0, 0.05) is 55.9 Å². The van der Waals surface area contributed by atoms with Crippen LogP contribution in [0.3, 0.4) is 0 Å². The van der Waals surface area contributed by atoms with Crippen molar-refractivity contribution >= 4 is 34.9 Å². The highest BCUT2D eigenvalue weighted by Crippen LogP contribution is 2.34. The van der Waals surface area contributed by atoms with Crippen LogP contribution in [0.5, 0.6) is 0 Å². The SMILES string of the molecule is Cc1c(-c2cc(N3CCN(C(=O)C4CN(C(=O)OC(C)(C)C)CCO4)CC3)ccc2Cl)nc2ccccn12. The molecule has 0 N–H and O–H groups in total. The van der Waals surface area contributed by atoms with Gasteiger partial charge in [-0.25, -0.2) is 9.78 Å². The number of anilines is 1. The smallest absolute Gasteiger partial charge is 0.410 e. The zero-order valence-corrected chi connectivity index (χ0v) is 23.1. The number of nitrogens with zero attached hydrogens (tertiary/aromatic N) is 5.